The molecule has 0 amide bonds. The second kappa shape index (κ2) is 6.35. The Kier molecular flexibility index (Phi) is 5.55. The standard InChI is InChI=1S/C13H21BrN2O2S/c1-5-16(9(2)3)19(17,18)12-7-11(8-15)6-10(4)13(12)14/h6-7,9H,5,8,15H2,1-4H3. The first-order valence-electron chi connectivity index (χ1n) is 6.26. The monoisotopic (exact) mass is 348 g/mol. The Morgan fingerprint density at radius 1 is 1.37 bits per heavy atom. The van der Waals surface area contributed by atoms with Crippen LogP contribution in [0.3, 0.4) is 0 Å². The molecule has 0 unspecified atom stereocenters. The van der Waals surface area contributed by atoms with Crippen molar-refractivity contribution in [2.24, 2.45) is 5.73 Å². The topological polar surface area (TPSA) is 63.4 Å². The van der Waals surface area contributed by atoms with Crippen molar-refractivity contribution in [2.45, 2.75) is 45.2 Å². The summed E-state index contributed by atoms with van der Waals surface area (Å²) >= 11 is 3.38. The lowest BCUT2D eigenvalue weighted by molar-refractivity contribution is 0.369. The summed E-state index contributed by atoms with van der Waals surface area (Å²) in [6, 6.07) is 3.47. The second-order valence-electron chi connectivity index (χ2n) is 4.73. The largest absolute Gasteiger partial charge is 0.326 e. The van der Waals surface area contributed by atoms with Gasteiger partial charge in [0.2, 0.25) is 10.0 Å². The predicted molar refractivity (Wildman–Crippen MR) is 81.5 cm³/mol. The molecule has 108 valence electrons. The van der Waals surface area contributed by atoms with E-state index in [1.807, 2.05) is 33.8 Å². The SMILES string of the molecule is CCN(C(C)C)S(=O)(=O)c1cc(CN)cc(C)c1Br. The maximum Gasteiger partial charge on any atom is 0.244 e. The zero-order valence-corrected chi connectivity index (χ0v) is 14.2. The Balaban J connectivity index is 3.47. The zero-order valence-electron chi connectivity index (χ0n) is 11.8. The molecule has 0 bridgehead atoms. The molecular weight excluding hydrogens is 328 g/mol. The van der Waals surface area contributed by atoms with Crippen molar-refractivity contribution in [1.82, 2.24) is 4.31 Å². The average molecular weight is 349 g/mol. The van der Waals surface area contributed by atoms with Crippen LogP contribution in [0.25, 0.3) is 0 Å². The molecule has 0 radical (unpaired) electrons. The molecule has 0 aliphatic heterocycles. The molecule has 0 aliphatic rings. The highest BCUT2D eigenvalue weighted by Gasteiger charge is 2.28. The van der Waals surface area contributed by atoms with Crippen molar-refractivity contribution in [3.05, 3.63) is 27.7 Å². The van der Waals surface area contributed by atoms with Crippen molar-refractivity contribution < 1.29 is 8.42 Å². The summed E-state index contributed by atoms with van der Waals surface area (Å²) in [6.07, 6.45) is 0. The van der Waals surface area contributed by atoms with Crippen molar-refractivity contribution in [1.29, 1.82) is 0 Å². The van der Waals surface area contributed by atoms with E-state index in [1.54, 1.807) is 6.07 Å². The van der Waals surface area contributed by atoms with Crippen molar-refractivity contribution in [3.8, 4) is 0 Å². The highest BCUT2D eigenvalue weighted by atomic mass is 79.9. The number of benzene rings is 1. The molecular formula is C13H21BrN2O2S. The molecule has 0 spiro atoms. The summed E-state index contributed by atoms with van der Waals surface area (Å²) in [4.78, 5) is 0.295. The average Bonchev–Trinajstić information content (AvgIpc) is 2.32. The summed E-state index contributed by atoms with van der Waals surface area (Å²) in [6.45, 7) is 8.21. The first-order valence-corrected chi connectivity index (χ1v) is 8.49. The molecule has 0 fully saturated rings. The van der Waals surface area contributed by atoms with E-state index in [0.717, 1.165) is 11.1 Å². The minimum atomic E-state index is -3.51. The number of nitrogens with two attached hydrogens (primary N) is 1. The lowest BCUT2D eigenvalue weighted by atomic mass is 10.1. The Morgan fingerprint density at radius 2 is 1.95 bits per heavy atom. The van der Waals surface area contributed by atoms with E-state index >= 15 is 0 Å². The smallest absolute Gasteiger partial charge is 0.244 e. The third-order valence-corrected chi connectivity index (χ3v) is 6.48. The van der Waals surface area contributed by atoms with Gasteiger partial charge in [-0.25, -0.2) is 8.42 Å². The molecule has 4 nitrogen and oxygen atoms in total. The minimum absolute atomic E-state index is 0.0799. The molecule has 0 saturated carbocycles. The van der Waals surface area contributed by atoms with Crippen LogP contribution in [0.2, 0.25) is 0 Å². The number of nitrogens with zero attached hydrogens (tertiary/aromatic N) is 1. The van der Waals surface area contributed by atoms with E-state index in [9.17, 15) is 8.42 Å². The number of halogens is 1. The molecule has 0 atom stereocenters. The highest BCUT2D eigenvalue weighted by Crippen LogP contribution is 2.30. The lowest BCUT2D eigenvalue weighted by Crippen LogP contribution is -2.37. The second-order valence-corrected chi connectivity index (χ2v) is 7.38. The van der Waals surface area contributed by atoms with E-state index in [4.69, 9.17) is 5.73 Å². The van der Waals surface area contributed by atoms with Gasteiger partial charge >= 0.3 is 0 Å². The lowest BCUT2D eigenvalue weighted by Gasteiger charge is -2.25. The van der Waals surface area contributed by atoms with Gasteiger partial charge in [-0.15, -0.1) is 0 Å². The normalized spacial score (nSPS) is 12.4. The summed E-state index contributed by atoms with van der Waals surface area (Å²) < 4.78 is 27.5. The van der Waals surface area contributed by atoms with Gasteiger partial charge in [0.15, 0.2) is 0 Å². The number of rotatable bonds is 5. The highest BCUT2D eigenvalue weighted by molar-refractivity contribution is 9.10. The van der Waals surface area contributed by atoms with E-state index < -0.39 is 10.0 Å². The van der Waals surface area contributed by atoms with Crippen molar-refractivity contribution >= 4 is 26.0 Å². The molecule has 19 heavy (non-hydrogen) atoms. The molecule has 0 aliphatic carbocycles. The van der Waals surface area contributed by atoms with Gasteiger partial charge in [0, 0.05) is 23.6 Å². The fourth-order valence-corrected chi connectivity index (χ4v) is 4.73. The quantitative estimate of drug-likeness (QED) is 0.889. The van der Waals surface area contributed by atoms with Crippen LogP contribution < -0.4 is 5.73 Å². The third-order valence-electron chi connectivity index (χ3n) is 2.99. The van der Waals surface area contributed by atoms with E-state index in [-0.39, 0.29) is 6.04 Å². The number of hydrogen-bond donors (Lipinski definition) is 1. The Labute approximate surface area is 124 Å². The molecule has 2 N–H and O–H groups in total. The fourth-order valence-electron chi connectivity index (χ4n) is 2.05. The van der Waals surface area contributed by atoms with Crippen LogP contribution in [-0.4, -0.2) is 25.3 Å². The van der Waals surface area contributed by atoms with Crippen LogP contribution in [0.15, 0.2) is 21.5 Å². The summed E-state index contributed by atoms with van der Waals surface area (Å²) in [7, 11) is -3.51. The van der Waals surface area contributed by atoms with E-state index in [0.29, 0.717) is 22.5 Å². The van der Waals surface area contributed by atoms with Crippen LogP contribution >= 0.6 is 15.9 Å². The van der Waals surface area contributed by atoms with Crippen LogP contribution in [-0.2, 0) is 16.6 Å². The number of sulfonamides is 1. The van der Waals surface area contributed by atoms with Gasteiger partial charge in [0.05, 0.1) is 4.90 Å². The van der Waals surface area contributed by atoms with Gasteiger partial charge in [0.1, 0.15) is 0 Å². The summed E-state index contributed by atoms with van der Waals surface area (Å²) in [5.41, 5.74) is 7.32. The summed E-state index contributed by atoms with van der Waals surface area (Å²) in [5.74, 6) is 0. The van der Waals surface area contributed by atoms with Crippen LogP contribution in [0.1, 0.15) is 31.9 Å². The zero-order chi connectivity index (χ0) is 14.8. The van der Waals surface area contributed by atoms with Crippen LogP contribution in [0.4, 0.5) is 0 Å². The molecule has 0 heterocycles. The number of hydrogen-bond acceptors (Lipinski definition) is 3. The molecule has 0 saturated heterocycles. The first kappa shape index (κ1) is 16.6. The van der Waals surface area contributed by atoms with Gasteiger partial charge in [-0.05, 0) is 53.9 Å². The van der Waals surface area contributed by atoms with E-state index in [1.165, 1.54) is 4.31 Å². The molecule has 1 aromatic rings. The van der Waals surface area contributed by atoms with Crippen LogP contribution in [0, 0.1) is 6.92 Å². The van der Waals surface area contributed by atoms with Gasteiger partial charge in [-0.2, -0.15) is 4.31 Å². The molecule has 1 rings (SSSR count). The van der Waals surface area contributed by atoms with E-state index in [2.05, 4.69) is 15.9 Å². The Morgan fingerprint density at radius 3 is 2.37 bits per heavy atom. The maximum atomic E-state index is 12.7. The van der Waals surface area contributed by atoms with Gasteiger partial charge in [0.25, 0.3) is 0 Å². The van der Waals surface area contributed by atoms with Crippen molar-refractivity contribution in [3.63, 3.8) is 0 Å². The predicted octanol–water partition coefficient (Wildman–Crippen LogP) is 2.64. The van der Waals surface area contributed by atoms with Crippen molar-refractivity contribution in [2.75, 3.05) is 6.54 Å². The molecule has 1 aromatic carbocycles. The maximum absolute atomic E-state index is 12.7. The molecule has 6 heteroatoms. The van der Waals surface area contributed by atoms with Crippen LogP contribution in [0.5, 0.6) is 0 Å². The first-order chi connectivity index (χ1) is 8.75. The third kappa shape index (κ3) is 3.37. The fraction of sp³-hybridized carbons (Fsp3) is 0.538. The Bertz CT molecular complexity index is 556. The Hall–Kier alpha value is -0.430. The number of aryl methyl sites for hydroxylation is 1. The summed E-state index contributed by atoms with van der Waals surface area (Å²) in [5, 5.41) is 0. The minimum Gasteiger partial charge on any atom is -0.326 e. The van der Waals surface area contributed by atoms with Gasteiger partial charge < -0.3 is 5.73 Å². The molecule has 0 aromatic heterocycles. The van der Waals surface area contributed by atoms with Gasteiger partial charge in [-0.3, -0.25) is 0 Å². The van der Waals surface area contributed by atoms with Gasteiger partial charge in [-0.1, -0.05) is 13.0 Å².